The molecule has 5 heteroatoms. The van der Waals surface area contributed by atoms with E-state index in [0.29, 0.717) is 17.1 Å². The summed E-state index contributed by atoms with van der Waals surface area (Å²) in [4.78, 5) is 13.7. The zero-order valence-corrected chi connectivity index (χ0v) is 17.1. The molecule has 0 aliphatic heterocycles. The Morgan fingerprint density at radius 1 is 1.12 bits per heavy atom. The fourth-order valence-corrected chi connectivity index (χ4v) is 5.10. The van der Waals surface area contributed by atoms with Crippen molar-refractivity contribution in [2.45, 2.75) is 70.4 Å². The van der Waals surface area contributed by atoms with Crippen molar-refractivity contribution in [2.75, 3.05) is 14.2 Å². The number of Topliss-reactive ketones (excluding diaryl/α,β-unsaturated/α-hetero) is 1. The normalized spacial score (nSPS) is 17.2. The maximum Gasteiger partial charge on any atom is 0.177 e. The number of hydrogen-bond acceptors (Lipinski definition) is 4. The number of ketones is 1. The fraction of sp³-hybridized carbons (Fsp3) is 0.667. The van der Waals surface area contributed by atoms with E-state index in [1.807, 2.05) is 6.07 Å². The third-order valence-corrected chi connectivity index (χ3v) is 6.71. The van der Waals surface area contributed by atoms with E-state index in [0.717, 1.165) is 44.9 Å². The summed E-state index contributed by atoms with van der Waals surface area (Å²) in [5.41, 5.74) is -0.206. The summed E-state index contributed by atoms with van der Waals surface area (Å²) in [6.07, 6.45) is 8.92. The molecule has 1 atom stereocenters. The van der Waals surface area contributed by atoms with E-state index in [4.69, 9.17) is 9.47 Å². The number of methoxy groups -OCH3 is 2. The highest BCUT2D eigenvalue weighted by Crippen LogP contribution is 2.51. The zero-order valence-electron chi connectivity index (χ0n) is 16.3. The average molecular weight is 378 g/mol. The average Bonchev–Trinajstić information content (AvgIpc) is 3.17. The maximum absolute atomic E-state index is 13.7. The Balaban J connectivity index is 2.36. The van der Waals surface area contributed by atoms with Crippen molar-refractivity contribution in [3.8, 4) is 11.5 Å². The van der Waals surface area contributed by atoms with Crippen LogP contribution in [-0.2, 0) is 4.57 Å². The molecule has 4 nitrogen and oxygen atoms in total. The van der Waals surface area contributed by atoms with Gasteiger partial charge in [-0.1, -0.05) is 51.5 Å². The molecular formula is C21H31O4P. The van der Waals surface area contributed by atoms with Gasteiger partial charge in [0.05, 0.1) is 19.9 Å². The summed E-state index contributed by atoms with van der Waals surface area (Å²) in [5.74, 6) is 1.11. The molecule has 0 aromatic heterocycles. The van der Waals surface area contributed by atoms with Gasteiger partial charge in [-0.3, -0.25) is 9.36 Å². The van der Waals surface area contributed by atoms with E-state index in [2.05, 4.69) is 6.92 Å². The van der Waals surface area contributed by atoms with Gasteiger partial charge in [-0.2, -0.15) is 0 Å². The van der Waals surface area contributed by atoms with E-state index in [-0.39, 0.29) is 19.9 Å². The molecule has 0 bridgehead atoms. The summed E-state index contributed by atoms with van der Waals surface area (Å²) in [7, 11) is 3.22. The topological polar surface area (TPSA) is 52.6 Å². The largest absolute Gasteiger partial charge is 0.496 e. The van der Waals surface area contributed by atoms with Gasteiger partial charge in [0.15, 0.2) is 14.2 Å². The minimum absolute atomic E-state index is 0.0353. The van der Waals surface area contributed by atoms with Crippen LogP contribution >= 0.6 is 8.46 Å². The Morgan fingerprint density at radius 3 is 2.23 bits per heavy atom. The van der Waals surface area contributed by atoms with Crippen molar-refractivity contribution in [1.29, 1.82) is 0 Å². The second-order valence-electron chi connectivity index (χ2n) is 7.20. The molecule has 1 aromatic rings. The van der Waals surface area contributed by atoms with Crippen LogP contribution in [0.2, 0.25) is 0 Å². The third-order valence-electron chi connectivity index (χ3n) is 5.70. The summed E-state index contributed by atoms with van der Waals surface area (Å²) < 4.78 is 23.0. The molecule has 0 radical (unpaired) electrons. The van der Waals surface area contributed by atoms with Crippen LogP contribution in [0.3, 0.4) is 0 Å². The van der Waals surface area contributed by atoms with Crippen LogP contribution in [-0.4, -0.2) is 25.7 Å². The lowest BCUT2D eigenvalue weighted by Gasteiger charge is -2.33. The van der Waals surface area contributed by atoms with Gasteiger partial charge >= 0.3 is 0 Å². The predicted molar refractivity (Wildman–Crippen MR) is 105 cm³/mol. The van der Waals surface area contributed by atoms with Gasteiger partial charge < -0.3 is 9.47 Å². The third kappa shape index (κ3) is 4.28. The Morgan fingerprint density at radius 2 is 1.73 bits per heavy atom. The molecule has 0 N–H and O–H groups in total. The first-order chi connectivity index (χ1) is 12.6. The highest BCUT2D eigenvalue weighted by molar-refractivity contribution is 7.24. The predicted octanol–water partition coefficient (Wildman–Crippen LogP) is 6.08. The van der Waals surface area contributed by atoms with Gasteiger partial charge in [0.2, 0.25) is 0 Å². The molecule has 0 spiro atoms. The Labute approximate surface area is 158 Å². The summed E-state index contributed by atoms with van der Waals surface area (Å²) in [6, 6.07) is 5.41. The van der Waals surface area contributed by atoms with Crippen LogP contribution in [0.4, 0.5) is 0 Å². The van der Waals surface area contributed by atoms with Gasteiger partial charge in [-0.15, -0.1) is 0 Å². The second kappa shape index (κ2) is 10.1. The molecule has 1 unspecified atom stereocenters. The number of hydrogen-bond donors (Lipinski definition) is 0. The number of unbranched alkanes of at least 4 members (excludes halogenated alkanes) is 3. The van der Waals surface area contributed by atoms with Crippen LogP contribution in [0.25, 0.3) is 0 Å². The van der Waals surface area contributed by atoms with Crippen molar-refractivity contribution in [1.82, 2.24) is 0 Å². The van der Waals surface area contributed by atoms with Crippen molar-refractivity contribution < 1.29 is 18.8 Å². The number of carbonyl (C=O) groups excluding carboxylic acids is 1. The smallest absolute Gasteiger partial charge is 0.177 e. The molecule has 1 aliphatic carbocycles. The molecule has 2 rings (SSSR count). The first kappa shape index (κ1) is 20.9. The first-order valence-corrected chi connectivity index (χ1v) is 10.6. The van der Waals surface area contributed by atoms with Gasteiger partial charge in [0.25, 0.3) is 0 Å². The SMILES string of the molecule is CCCCCCC(P=O)C1(C(=O)c2c(OC)cccc2OC)CCCC1. The van der Waals surface area contributed by atoms with Gasteiger partial charge in [-0.05, 0) is 31.4 Å². The van der Waals surface area contributed by atoms with Gasteiger partial charge in [-0.25, -0.2) is 0 Å². The molecule has 26 heavy (non-hydrogen) atoms. The molecule has 1 fully saturated rings. The quantitative estimate of drug-likeness (QED) is 0.266. The van der Waals surface area contributed by atoms with Crippen molar-refractivity contribution >= 4 is 14.2 Å². The highest BCUT2D eigenvalue weighted by Gasteiger charge is 2.49. The van der Waals surface area contributed by atoms with E-state index in [1.165, 1.54) is 12.8 Å². The number of rotatable bonds is 11. The summed E-state index contributed by atoms with van der Waals surface area (Å²) in [5, 5.41) is 0. The van der Waals surface area contributed by atoms with E-state index >= 15 is 0 Å². The van der Waals surface area contributed by atoms with Gasteiger partial charge in [0.1, 0.15) is 17.1 Å². The van der Waals surface area contributed by atoms with E-state index in [1.54, 1.807) is 26.4 Å². The van der Waals surface area contributed by atoms with Crippen LogP contribution in [0.1, 0.15) is 75.1 Å². The summed E-state index contributed by atoms with van der Waals surface area (Å²) in [6.45, 7) is 2.18. The van der Waals surface area contributed by atoms with Crippen molar-refractivity contribution in [3.05, 3.63) is 23.8 Å². The number of carbonyl (C=O) groups is 1. The molecule has 1 aromatic carbocycles. The molecule has 0 saturated heterocycles. The molecule has 0 heterocycles. The van der Waals surface area contributed by atoms with Crippen molar-refractivity contribution in [3.63, 3.8) is 0 Å². The Bertz CT molecular complexity index is 586. The standard InChI is InChI=1S/C21H31O4P/c1-4-5-6-7-13-18(26-23)21(14-8-9-15-21)20(22)19-16(24-2)11-10-12-17(19)25-3/h10-12,18H,4-9,13-15H2,1-3H3. The lowest BCUT2D eigenvalue weighted by atomic mass is 9.73. The van der Waals surface area contributed by atoms with E-state index in [9.17, 15) is 9.36 Å². The van der Waals surface area contributed by atoms with Crippen LogP contribution in [0.5, 0.6) is 11.5 Å². The molecule has 144 valence electrons. The maximum atomic E-state index is 13.7. The van der Waals surface area contributed by atoms with Crippen LogP contribution < -0.4 is 9.47 Å². The van der Waals surface area contributed by atoms with Gasteiger partial charge in [0, 0.05) is 5.41 Å². The van der Waals surface area contributed by atoms with Crippen LogP contribution in [0, 0.1) is 5.41 Å². The Hall–Kier alpha value is -1.41. The summed E-state index contributed by atoms with van der Waals surface area (Å²) >= 11 is 0. The fourth-order valence-electron chi connectivity index (χ4n) is 4.24. The lowest BCUT2D eigenvalue weighted by molar-refractivity contribution is 0.0778. The van der Waals surface area contributed by atoms with Crippen molar-refractivity contribution in [2.24, 2.45) is 5.41 Å². The van der Waals surface area contributed by atoms with Crippen LogP contribution in [0.15, 0.2) is 18.2 Å². The molecule has 1 saturated carbocycles. The lowest BCUT2D eigenvalue weighted by Crippen LogP contribution is -2.38. The minimum Gasteiger partial charge on any atom is -0.496 e. The highest BCUT2D eigenvalue weighted by atomic mass is 31.1. The molecule has 0 amide bonds. The first-order valence-electron chi connectivity index (χ1n) is 9.72. The monoisotopic (exact) mass is 378 g/mol. The molecule has 1 aliphatic rings. The number of ether oxygens (including phenoxy) is 2. The molecular weight excluding hydrogens is 347 g/mol. The Kier molecular flexibility index (Phi) is 8.09. The second-order valence-corrected chi connectivity index (χ2v) is 8.03. The van der Waals surface area contributed by atoms with E-state index < -0.39 is 5.41 Å². The zero-order chi connectivity index (χ0) is 19.0. The minimum atomic E-state index is -0.572. The number of benzene rings is 1.